The third kappa shape index (κ3) is 7.36. The molecule has 15 rings (SSSR count). The summed E-state index contributed by atoms with van der Waals surface area (Å²) in [6, 6.07) is 94.1. The summed E-state index contributed by atoms with van der Waals surface area (Å²) in [7, 11) is 0. The Bertz CT molecular complexity index is 4180. The number of fused-ring (bicyclic) bond motifs is 14. The van der Waals surface area contributed by atoms with Crippen LogP contribution in [0.2, 0.25) is 0 Å². The first kappa shape index (κ1) is 49.5. The van der Waals surface area contributed by atoms with Gasteiger partial charge in [-0.25, -0.2) is 0 Å². The number of rotatable bonds is 7. The van der Waals surface area contributed by atoms with Gasteiger partial charge in [-0.2, -0.15) is 0 Å². The van der Waals surface area contributed by atoms with Crippen LogP contribution in [0.5, 0.6) is 0 Å². The Morgan fingerprint density at radius 3 is 1.30 bits per heavy atom. The third-order valence-corrected chi connectivity index (χ3v) is 19.3. The van der Waals surface area contributed by atoms with E-state index in [1.54, 1.807) is 0 Å². The van der Waals surface area contributed by atoms with Crippen molar-refractivity contribution in [1.29, 1.82) is 0 Å². The third-order valence-electron chi connectivity index (χ3n) is 19.3. The highest BCUT2D eigenvalue weighted by Crippen LogP contribution is 2.65. The molecule has 0 aliphatic heterocycles. The molecule has 0 amide bonds. The fraction of sp³-hybridized carbons (Fsp3) is 0.200. The van der Waals surface area contributed by atoms with Gasteiger partial charge in [0, 0.05) is 16.9 Å². The van der Waals surface area contributed by atoms with Crippen LogP contribution >= 0.6 is 0 Å². The molecule has 1 spiro atoms. The predicted octanol–water partition coefficient (Wildman–Crippen LogP) is 21.3. The normalized spacial score (nSPS) is 15.4. The fourth-order valence-corrected chi connectivity index (χ4v) is 15.5. The molecule has 4 aliphatic rings. The molecule has 0 atom stereocenters. The maximum Gasteiger partial charge on any atom is 0.0726 e. The zero-order valence-corrected chi connectivity index (χ0v) is 47.7. The van der Waals surface area contributed by atoms with Gasteiger partial charge in [0.15, 0.2) is 0 Å². The van der Waals surface area contributed by atoms with Crippen molar-refractivity contribution >= 4 is 27.8 Å². The average Bonchev–Trinajstić information content (AvgIpc) is 2.85. The minimum absolute atomic E-state index is 0.0503. The Morgan fingerprint density at radius 2 is 0.753 bits per heavy atom. The molecule has 0 radical (unpaired) electrons. The lowest BCUT2D eigenvalue weighted by Gasteiger charge is -2.36. The van der Waals surface area contributed by atoms with Crippen molar-refractivity contribution in [2.45, 2.75) is 101 Å². The maximum absolute atomic E-state index is 2.63. The van der Waals surface area contributed by atoms with Gasteiger partial charge in [0.05, 0.1) is 16.5 Å². The molecule has 0 unspecified atom stereocenters. The topological polar surface area (TPSA) is 3.24 Å². The first-order chi connectivity index (χ1) is 39.5. The minimum atomic E-state index is -0.573. The summed E-state index contributed by atoms with van der Waals surface area (Å²) in [6.45, 7) is 14.2. The molecule has 0 heterocycles. The Labute approximate surface area is 479 Å². The van der Waals surface area contributed by atoms with E-state index in [0.717, 1.165) is 17.1 Å². The zero-order valence-electron chi connectivity index (χ0n) is 47.7. The number of anilines is 3. The second-order valence-electron chi connectivity index (χ2n) is 25.7. The molecule has 81 heavy (non-hydrogen) atoms. The molecule has 0 aromatic heterocycles. The average molecular weight is 1040 g/mol. The molecule has 1 heteroatoms. The van der Waals surface area contributed by atoms with Crippen LogP contribution in [0.4, 0.5) is 17.1 Å². The van der Waals surface area contributed by atoms with Crippen LogP contribution in [-0.4, -0.2) is 0 Å². The number of hydrogen-bond acceptors (Lipinski definition) is 1. The van der Waals surface area contributed by atoms with Crippen LogP contribution in [0.3, 0.4) is 0 Å². The Balaban J connectivity index is 1.04. The van der Waals surface area contributed by atoms with E-state index in [4.69, 9.17) is 0 Å². The lowest BCUT2D eigenvalue weighted by Crippen LogP contribution is -2.29. The number of benzene rings is 11. The highest BCUT2D eigenvalue weighted by molar-refractivity contribution is 6.04. The van der Waals surface area contributed by atoms with E-state index >= 15 is 0 Å². The van der Waals surface area contributed by atoms with Gasteiger partial charge < -0.3 is 4.90 Å². The van der Waals surface area contributed by atoms with Gasteiger partial charge in [-0.05, 0) is 171 Å². The van der Waals surface area contributed by atoms with Gasteiger partial charge in [-0.15, -0.1) is 0 Å². The highest BCUT2D eigenvalue weighted by atomic mass is 15.1. The summed E-state index contributed by atoms with van der Waals surface area (Å²) in [5.41, 5.74) is 27.3. The van der Waals surface area contributed by atoms with E-state index < -0.39 is 10.8 Å². The molecule has 1 nitrogen and oxygen atoms in total. The van der Waals surface area contributed by atoms with Gasteiger partial charge in [-0.3, -0.25) is 0 Å². The monoisotopic (exact) mass is 1040 g/mol. The van der Waals surface area contributed by atoms with Gasteiger partial charge >= 0.3 is 0 Å². The molecule has 0 bridgehead atoms. The van der Waals surface area contributed by atoms with E-state index in [2.05, 4.69) is 289 Å². The molecule has 0 N–H and O–H groups in total. The molecule has 1 fully saturated rings. The molecule has 394 valence electrons. The van der Waals surface area contributed by atoms with Crippen LogP contribution < -0.4 is 4.90 Å². The van der Waals surface area contributed by atoms with Crippen LogP contribution in [-0.2, 0) is 21.7 Å². The van der Waals surface area contributed by atoms with Crippen LogP contribution in [0, 0.1) is 0 Å². The van der Waals surface area contributed by atoms with Gasteiger partial charge in [0.25, 0.3) is 0 Å². The van der Waals surface area contributed by atoms with Gasteiger partial charge in [0.1, 0.15) is 0 Å². The standard InChI is InChI=1S/C80H69N/c1-77(2,3)56-40-44-63-64-45-41-57(78(4,5)6)49-72(64)80(71(63)48-56)70-38-20-17-33-62(70)66-47-43-59(51-74(66)80)81(75-39-21-18-34-67(75)68-36-23-27-53-26-22-35-60(76(53)68)52-24-10-7-11-25-52)58-42-46-65-61-32-16-19-37-69(61)79(73(65)50-58,54-28-12-8-13-29-54)55-30-14-9-15-31-55/h8-9,12-23,26-52H,7,10-11,24-25H2,1-6H3. The Morgan fingerprint density at radius 1 is 0.333 bits per heavy atom. The molecule has 1 saturated carbocycles. The summed E-state index contributed by atoms with van der Waals surface area (Å²) in [4.78, 5) is 2.63. The van der Waals surface area contributed by atoms with E-state index in [-0.39, 0.29) is 10.8 Å². The molecular formula is C80H69N. The molecule has 4 aliphatic carbocycles. The summed E-state index contributed by atoms with van der Waals surface area (Å²) in [5, 5.41) is 2.70. The second kappa shape index (κ2) is 18.5. The Hall–Kier alpha value is -8.52. The van der Waals surface area contributed by atoms with E-state index in [1.807, 2.05) is 0 Å². The van der Waals surface area contributed by atoms with Gasteiger partial charge in [-0.1, -0.05) is 273 Å². The predicted molar refractivity (Wildman–Crippen MR) is 341 cm³/mol. The lowest BCUT2D eigenvalue weighted by atomic mass is 9.67. The van der Waals surface area contributed by atoms with Crippen molar-refractivity contribution in [3.8, 4) is 44.5 Å². The molecular weight excluding hydrogens is 975 g/mol. The van der Waals surface area contributed by atoms with Crippen LogP contribution in [0.15, 0.2) is 243 Å². The summed E-state index contributed by atoms with van der Waals surface area (Å²) >= 11 is 0. The summed E-state index contributed by atoms with van der Waals surface area (Å²) in [5.74, 6) is 0.540. The smallest absolute Gasteiger partial charge is 0.0726 e. The number of nitrogens with zero attached hydrogens (tertiary/aromatic N) is 1. The molecule has 11 aromatic rings. The first-order valence-electron chi connectivity index (χ1n) is 29.8. The van der Waals surface area contributed by atoms with Crippen LogP contribution in [0.1, 0.15) is 141 Å². The summed E-state index contributed by atoms with van der Waals surface area (Å²) in [6.07, 6.45) is 6.38. The number of hydrogen-bond donors (Lipinski definition) is 0. The van der Waals surface area contributed by atoms with E-state index in [9.17, 15) is 0 Å². The van der Waals surface area contributed by atoms with Crippen molar-refractivity contribution in [2.75, 3.05) is 4.90 Å². The second-order valence-corrected chi connectivity index (χ2v) is 25.7. The van der Waals surface area contributed by atoms with E-state index in [0.29, 0.717) is 5.92 Å². The number of para-hydroxylation sites is 1. The van der Waals surface area contributed by atoms with Crippen molar-refractivity contribution in [3.63, 3.8) is 0 Å². The van der Waals surface area contributed by atoms with Crippen molar-refractivity contribution < 1.29 is 0 Å². The largest absolute Gasteiger partial charge is 0.310 e. The fourth-order valence-electron chi connectivity index (χ4n) is 15.5. The Kier molecular flexibility index (Phi) is 11.3. The minimum Gasteiger partial charge on any atom is -0.310 e. The van der Waals surface area contributed by atoms with Crippen molar-refractivity contribution in [1.82, 2.24) is 0 Å². The quantitative estimate of drug-likeness (QED) is 0.154. The molecule has 11 aromatic carbocycles. The van der Waals surface area contributed by atoms with Crippen molar-refractivity contribution in [2.24, 2.45) is 0 Å². The van der Waals surface area contributed by atoms with Crippen molar-refractivity contribution in [3.05, 3.63) is 304 Å². The maximum atomic E-state index is 2.63. The zero-order chi connectivity index (χ0) is 54.8. The molecule has 0 saturated heterocycles. The summed E-state index contributed by atoms with van der Waals surface area (Å²) < 4.78 is 0. The first-order valence-corrected chi connectivity index (χ1v) is 29.8. The highest BCUT2D eigenvalue weighted by Gasteiger charge is 2.53. The van der Waals surface area contributed by atoms with Crippen LogP contribution in [0.25, 0.3) is 55.3 Å². The van der Waals surface area contributed by atoms with E-state index in [1.165, 1.54) is 149 Å². The lowest BCUT2D eigenvalue weighted by molar-refractivity contribution is 0.445. The SMILES string of the molecule is CC(C)(C)c1ccc2c(c1)C1(c3ccccc3-c3ccc(N(c4ccc5c(c4)C(c4ccccc4)(c4ccccc4)c4ccccc4-5)c4ccccc4-c4cccc5cccc(C6CCCCC6)c45)cc31)c1cc(C(C)(C)C)ccc1-2. The van der Waals surface area contributed by atoms with Gasteiger partial charge in [0.2, 0.25) is 0 Å².